The quantitative estimate of drug-likeness (QED) is 0.571. The fourth-order valence-corrected chi connectivity index (χ4v) is 1.77. The van der Waals surface area contributed by atoms with Gasteiger partial charge in [0, 0.05) is 30.9 Å². The van der Waals surface area contributed by atoms with Gasteiger partial charge in [0.2, 0.25) is 0 Å². The Morgan fingerprint density at radius 2 is 2.00 bits per heavy atom. The normalized spacial score (nSPS) is 10.7. The van der Waals surface area contributed by atoms with E-state index in [1.54, 1.807) is 12.3 Å². The maximum atomic E-state index is 5.44. The van der Waals surface area contributed by atoms with Crippen LogP contribution >= 0.6 is 0 Å². The van der Waals surface area contributed by atoms with Crippen molar-refractivity contribution in [2.45, 2.75) is 33.2 Å². The zero-order valence-corrected chi connectivity index (χ0v) is 12.0. The highest BCUT2D eigenvalue weighted by atomic mass is 15.3. The summed E-state index contributed by atoms with van der Waals surface area (Å²) in [6, 6.07) is 3.79. The van der Waals surface area contributed by atoms with Crippen molar-refractivity contribution in [3.63, 3.8) is 0 Å². The lowest BCUT2D eigenvalue weighted by atomic mass is 10.1. The molecule has 0 aliphatic rings. The fraction of sp³-hybridized carbons (Fsp3) is 0.357. The second kappa shape index (κ2) is 6.29. The van der Waals surface area contributed by atoms with Crippen LogP contribution in [0.25, 0.3) is 0 Å². The average Bonchev–Trinajstić information content (AvgIpc) is 2.46. The predicted molar refractivity (Wildman–Crippen MR) is 80.2 cm³/mol. The summed E-state index contributed by atoms with van der Waals surface area (Å²) in [5, 5.41) is 3.30. The van der Waals surface area contributed by atoms with Crippen LogP contribution in [0.3, 0.4) is 0 Å². The van der Waals surface area contributed by atoms with Gasteiger partial charge in [0.25, 0.3) is 0 Å². The van der Waals surface area contributed by atoms with Gasteiger partial charge in [-0.25, -0.2) is 15.8 Å². The van der Waals surface area contributed by atoms with Crippen LogP contribution in [0.4, 0.5) is 11.6 Å². The Kier molecular flexibility index (Phi) is 4.47. The zero-order valence-electron chi connectivity index (χ0n) is 12.0. The van der Waals surface area contributed by atoms with E-state index in [9.17, 15) is 0 Å². The molecule has 20 heavy (non-hydrogen) atoms. The number of anilines is 2. The molecule has 0 amide bonds. The molecule has 0 fully saturated rings. The number of nitrogens with one attached hydrogen (secondary N) is 2. The molecule has 0 atom stereocenters. The number of hydrogen-bond donors (Lipinski definition) is 3. The molecule has 2 aromatic heterocycles. The smallest absolute Gasteiger partial charge is 0.145 e. The third-order valence-corrected chi connectivity index (χ3v) is 3.00. The van der Waals surface area contributed by atoms with Crippen molar-refractivity contribution >= 4 is 11.6 Å². The van der Waals surface area contributed by atoms with Crippen LogP contribution in [-0.2, 0) is 6.54 Å². The summed E-state index contributed by atoms with van der Waals surface area (Å²) < 4.78 is 0. The molecule has 2 rings (SSSR count). The van der Waals surface area contributed by atoms with Crippen molar-refractivity contribution < 1.29 is 0 Å². The molecule has 0 radical (unpaired) electrons. The number of aromatic nitrogens is 3. The molecule has 0 aliphatic heterocycles. The van der Waals surface area contributed by atoms with E-state index in [0.717, 1.165) is 17.2 Å². The summed E-state index contributed by atoms with van der Waals surface area (Å²) >= 11 is 0. The largest absolute Gasteiger partial charge is 0.366 e. The van der Waals surface area contributed by atoms with Gasteiger partial charge in [-0.1, -0.05) is 13.8 Å². The van der Waals surface area contributed by atoms with Crippen molar-refractivity contribution in [3.8, 4) is 0 Å². The molecule has 106 valence electrons. The maximum absolute atomic E-state index is 5.44. The molecule has 2 heterocycles. The van der Waals surface area contributed by atoms with Crippen LogP contribution in [0.15, 0.2) is 24.5 Å². The Bertz CT molecular complexity index is 582. The number of aryl methyl sites for hydroxylation is 1. The van der Waals surface area contributed by atoms with Crippen LogP contribution in [0, 0.1) is 6.92 Å². The van der Waals surface area contributed by atoms with E-state index in [-0.39, 0.29) is 5.92 Å². The summed E-state index contributed by atoms with van der Waals surface area (Å²) in [5.41, 5.74) is 4.91. The molecule has 4 N–H and O–H groups in total. The minimum absolute atomic E-state index is 0.242. The van der Waals surface area contributed by atoms with Crippen molar-refractivity contribution in [3.05, 3.63) is 41.5 Å². The van der Waals surface area contributed by atoms with Crippen molar-refractivity contribution in [1.29, 1.82) is 0 Å². The Hall–Kier alpha value is -2.21. The van der Waals surface area contributed by atoms with E-state index in [1.807, 2.05) is 33.0 Å². The van der Waals surface area contributed by atoms with Crippen LogP contribution in [-0.4, -0.2) is 15.0 Å². The molecule has 0 saturated heterocycles. The fourth-order valence-electron chi connectivity index (χ4n) is 1.77. The first-order valence-corrected chi connectivity index (χ1v) is 6.59. The van der Waals surface area contributed by atoms with Gasteiger partial charge in [0.05, 0.1) is 0 Å². The SMILES string of the molecule is Cc1cnccc1CNc1cc(NN)nc(C(C)C)n1. The molecular weight excluding hydrogens is 252 g/mol. The van der Waals surface area contributed by atoms with E-state index in [1.165, 1.54) is 5.56 Å². The minimum atomic E-state index is 0.242. The van der Waals surface area contributed by atoms with Crippen LogP contribution in [0.1, 0.15) is 36.7 Å². The van der Waals surface area contributed by atoms with E-state index in [2.05, 4.69) is 25.7 Å². The van der Waals surface area contributed by atoms with Gasteiger partial charge >= 0.3 is 0 Å². The highest BCUT2D eigenvalue weighted by Crippen LogP contribution is 2.17. The minimum Gasteiger partial charge on any atom is -0.366 e. The van der Waals surface area contributed by atoms with Crippen LogP contribution < -0.4 is 16.6 Å². The highest BCUT2D eigenvalue weighted by molar-refractivity contribution is 5.47. The average molecular weight is 272 g/mol. The molecule has 2 aromatic rings. The molecule has 0 spiro atoms. The van der Waals surface area contributed by atoms with Crippen molar-refractivity contribution in [2.75, 3.05) is 10.7 Å². The van der Waals surface area contributed by atoms with Gasteiger partial charge < -0.3 is 10.7 Å². The first-order chi connectivity index (χ1) is 9.60. The van der Waals surface area contributed by atoms with E-state index in [0.29, 0.717) is 12.4 Å². The van der Waals surface area contributed by atoms with Gasteiger partial charge in [0.15, 0.2) is 0 Å². The second-order valence-corrected chi connectivity index (χ2v) is 4.95. The Morgan fingerprint density at radius 1 is 1.25 bits per heavy atom. The monoisotopic (exact) mass is 272 g/mol. The second-order valence-electron chi connectivity index (χ2n) is 4.95. The van der Waals surface area contributed by atoms with Gasteiger partial charge in [-0.2, -0.15) is 0 Å². The first kappa shape index (κ1) is 14.2. The zero-order chi connectivity index (χ0) is 14.5. The summed E-state index contributed by atoms with van der Waals surface area (Å²) in [7, 11) is 0. The number of hydrogen-bond acceptors (Lipinski definition) is 6. The molecule has 6 nitrogen and oxygen atoms in total. The van der Waals surface area contributed by atoms with E-state index >= 15 is 0 Å². The Balaban J connectivity index is 2.17. The lowest BCUT2D eigenvalue weighted by molar-refractivity contribution is 0.775. The first-order valence-electron chi connectivity index (χ1n) is 6.59. The highest BCUT2D eigenvalue weighted by Gasteiger charge is 2.07. The predicted octanol–water partition coefficient (Wildman–Crippen LogP) is 2.20. The summed E-state index contributed by atoms with van der Waals surface area (Å²) in [5.74, 6) is 7.81. The van der Waals surface area contributed by atoms with Crippen LogP contribution in [0.5, 0.6) is 0 Å². The summed E-state index contributed by atoms with van der Waals surface area (Å²) in [6.07, 6.45) is 3.64. The lowest BCUT2D eigenvalue weighted by Gasteiger charge is -2.12. The third kappa shape index (κ3) is 3.42. The Morgan fingerprint density at radius 3 is 2.65 bits per heavy atom. The van der Waals surface area contributed by atoms with Gasteiger partial charge in [-0.05, 0) is 24.1 Å². The maximum Gasteiger partial charge on any atom is 0.145 e. The van der Waals surface area contributed by atoms with Gasteiger partial charge in [-0.15, -0.1) is 0 Å². The number of rotatable bonds is 5. The molecule has 0 saturated carbocycles. The van der Waals surface area contributed by atoms with E-state index < -0.39 is 0 Å². The van der Waals surface area contributed by atoms with Crippen molar-refractivity contribution in [1.82, 2.24) is 15.0 Å². The number of hydrazine groups is 1. The number of nitrogens with two attached hydrogens (primary N) is 1. The van der Waals surface area contributed by atoms with Gasteiger partial charge in [-0.3, -0.25) is 4.98 Å². The topological polar surface area (TPSA) is 88.8 Å². The molecule has 0 bridgehead atoms. The molecule has 0 unspecified atom stereocenters. The number of nitrogen functional groups attached to an aromatic ring is 1. The van der Waals surface area contributed by atoms with E-state index in [4.69, 9.17) is 5.84 Å². The summed E-state index contributed by atoms with van der Waals surface area (Å²) in [6.45, 7) is 6.82. The lowest BCUT2D eigenvalue weighted by Crippen LogP contribution is -2.13. The van der Waals surface area contributed by atoms with Gasteiger partial charge in [0.1, 0.15) is 17.5 Å². The van der Waals surface area contributed by atoms with Crippen molar-refractivity contribution in [2.24, 2.45) is 5.84 Å². The number of nitrogens with zero attached hydrogens (tertiary/aromatic N) is 3. The number of pyridine rings is 1. The molecule has 6 heteroatoms. The molecular formula is C14H20N6. The third-order valence-electron chi connectivity index (χ3n) is 3.00. The molecule has 0 aromatic carbocycles. The van der Waals surface area contributed by atoms with Crippen LogP contribution in [0.2, 0.25) is 0 Å². The molecule has 0 aliphatic carbocycles. The standard InChI is InChI=1S/C14H20N6/c1-9(2)14-18-12(6-13(19-14)20-15)17-8-11-4-5-16-7-10(11)3/h4-7,9H,8,15H2,1-3H3,(H2,17,18,19,20). The Labute approximate surface area is 118 Å². The summed E-state index contributed by atoms with van der Waals surface area (Å²) in [4.78, 5) is 12.9.